The van der Waals surface area contributed by atoms with E-state index in [2.05, 4.69) is 40.5 Å². The Morgan fingerprint density at radius 3 is 1.24 bits per heavy atom. The molecule has 1 aromatic carbocycles. The third-order valence-electron chi connectivity index (χ3n) is 1.13. The molecule has 0 saturated heterocycles. The van der Waals surface area contributed by atoms with E-state index in [0.717, 1.165) is 5.56 Å². The van der Waals surface area contributed by atoms with Gasteiger partial charge in [-0.2, -0.15) is 0 Å². The van der Waals surface area contributed by atoms with Gasteiger partial charge in [0.25, 0.3) is 33.9 Å². The molecule has 0 atom stereocenters. The van der Waals surface area contributed by atoms with Crippen LogP contribution in [0.1, 0.15) is 5.56 Å². The zero-order valence-electron chi connectivity index (χ0n) is 11.3. The van der Waals surface area contributed by atoms with Crippen LogP contribution in [0, 0.1) is 6.54 Å². The maximum absolute atomic E-state index is 7.50. The van der Waals surface area contributed by atoms with Crippen molar-refractivity contribution in [2.45, 2.75) is 0 Å². The average molecular weight is 457 g/mol. The molecule has 0 bridgehead atoms. The van der Waals surface area contributed by atoms with E-state index >= 15 is 0 Å². The van der Waals surface area contributed by atoms with Gasteiger partial charge in [0.1, 0.15) is 0 Å². The van der Waals surface area contributed by atoms with Gasteiger partial charge in [0.05, 0.1) is 6.54 Å². The van der Waals surface area contributed by atoms with Crippen molar-refractivity contribution in [2.24, 2.45) is 0 Å². The second-order valence-corrected chi connectivity index (χ2v) is 2.37. The van der Waals surface area contributed by atoms with Crippen LogP contribution in [0.4, 0.5) is 0 Å². The van der Waals surface area contributed by atoms with Crippen LogP contribution in [0.5, 0.6) is 0 Å². The van der Waals surface area contributed by atoms with Gasteiger partial charge in [0.15, 0.2) is 0 Å². The molecule has 0 heterocycles. The maximum Gasteiger partial charge on any atom is 0.281 e. The second-order valence-electron chi connectivity index (χ2n) is 2.37. The maximum atomic E-state index is 7.50. The number of hydrogen-bond donors (Lipinski definition) is 0. The first-order chi connectivity index (χ1) is 9.79. The Hall–Kier alpha value is -1.78. The van der Waals surface area contributed by atoms with Crippen molar-refractivity contribution in [1.82, 2.24) is 4.90 Å². The first-order valence-electron chi connectivity index (χ1n) is 4.30. The van der Waals surface area contributed by atoms with Crippen molar-refractivity contribution in [3.8, 4) is 0 Å². The van der Waals surface area contributed by atoms with E-state index in [1.807, 2.05) is 49.3 Å². The summed E-state index contributed by atoms with van der Waals surface area (Å²) in [6.45, 7) is 25.6. The summed E-state index contributed by atoms with van der Waals surface area (Å²) in [5.74, 6) is 0. The minimum absolute atomic E-state index is 0. The number of benzene rings is 1. The largest absolute Gasteiger partial charge is 0.296 e. The molecule has 0 aliphatic heterocycles. The van der Waals surface area contributed by atoms with Crippen LogP contribution in [0.25, 0.3) is 0 Å². The van der Waals surface area contributed by atoms with E-state index in [9.17, 15) is 0 Å². The summed E-state index contributed by atoms with van der Waals surface area (Å²) in [6.07, 6.45) is 0. The molecule has 0 saturated carbocycles. The molecule has 0 fully saturated rings. The zero-order valence-corrected chi connectivity index (χ0v) is 14.2. The third-order valence-corrected chi connectivity index (χ3v) is 1.13. The Morgan fingerprint density at radius 2 is 1.00 bits per heavy atom. The van der Waals surface area contributed by atoms with Gasteiger partial charge in [-0.05, 0) is 19.7 Å². The van der Waals surface area contributed by atoms with Crippen molar-refractivity contribution in [1.29, 1.82) is 0 Å². The SMILES string of the molecule is CN(C)[C]c1ccccc1.[C]=O.[C]=O.[C]=O.[C]=O.[C]=O.[W]. The summed E-state index contributed by atoms with van der Waals surface area (Å²) >= 11 is 0. The molecule has 0 amide bonds. The topological polar surface area (TPSA) is 88.6 Å². The molecule has 0 aliphatic carbocycles. The Balaban J connectivity index is -0.0000000440. The molecule has 108 valence electrons. The van der Waals surface area contributed by atoms with Crippen LogP contribution in [-0.4, -0.2) is 52.9 Å². The van der Waals surface area contributed by atoms with Gasteiger partial charge in [0, 0.05) is 21.1 Å². The predicted molar refractivity (Wildman–Crippen MR) is 70.9 cm³/mol. The smallest absolute Gasteiger partial charge is 0.281 e. The molecule has 0 unspecified atom stereocenters. The molecule has 1 aromatic rings. The first-order valence-corrected chi connectivity index (χ1v) is 4.30. The fraction of sp³-hybridized carbons (Fsp3) is 0.143. The van der Waals surface area contributed by atoms with Crippen LogP contribution < -0.4 is 0 Å². The summed E-state index contributed by atoms with van der Waals surface area (Å²) in [4.78, 5) is 39.4. The molecule has 1 rings (SSSR count). The number of nitrogens with zero attached hydrogens (tertiary/aromatic N) is 1. The molecular weight excluding hydrogens is 446 g/mol. The third kappa shape index (κ3) is 45.9. The van der Waals surface area contributed by atoms with Crippen molar-refractivity contribution in [3.05, 3.63) is 42.4 Å². The van der Waals surface area contributed by atoms with E-state index in [4.69, 9.17) is 24.0 Å². The minimum atomic E-state index is 0. The molecule has 0 aromatic heterocycles. The van der Waals surface area contributed by atoms with E-state index < -0.39 is 0 Å². The van der Waals surface area contributed by atoms with Crippen LogP contribution >= 0.6 is 0 Å². The van der Waals surface area contributed by atoms with Gasteiger partial charge < -0.3 is 0 Å². The minimum Gasteiger partial charge on any atom is -0.296 e. The van der Waals surface area contributed by atoms with Gasteiger partial charge in [-0.25, -0.2) is 0 Å². The Morgan fingerprint density at radius 1 is 0.714 bits per heavy atom. The van der Waals surface area contributed by atoms with E-state index in [1.54, 1.807) is 0 Å². The van der Waals surface area contributed by atoms with Crippen LogP contribution in [0.3, 0.4) is 0 Å². The summed E-state index contributed by atoms with van der Waals surface area (Å²) in [5, 5.41) is 0. The first kappa shape index (κ1) is 36.5. The molecule has 0 aliphatic rings. The summed E-state index contributed by atoms with van der Waals surface area (Å²) in [7, 11) is 3.93. The van der Waals surface area contributed by atoms with Gasteiger partial charge in [0.2, 0.25) is 0 Å². The van der Waals surface area contributed by atoms with Gasteiger partial charge in [-0.3, -0.25) is 28.9 Å². The monoisotopic (exact) mass is 457 g/mol. The van der Waals surface area contributed by atoms with Crippen molar-refractivity contribution in [3.63, 3.8) is 0 Å². The number of carbonyl (C=O) groups excluding carboxylic acids is 5. The van der Waals surface area contributed by atoms with Crippen molar-refractivity contribution in [2.75, 3.05) is 14.1 Å². The molecule has 7 heteroatoms. The Labute approximate surface area is 140 Å². The molecular formula is C14H11NO5W. The van der Waals surface area contributed by atoms with Crippen LogP contribution in [-0.2, 0) is 45.0 Å². The van der Waals surface area contributed by atoms with Crippen molar-refractivity contribution < 1.29 is 45.0 Å². The Bertz CT molecular complexity index is 251. The number of hydrogen-bond acceptors (Lipinski definition) is 6. The second kappa shape index (κ2) is 51.7. The van der Waals surface area contributed by atoms with Crippen LogP contribution in [0.15, 0.2) is 30.3 Å². The molecule has 21 heavy (non-hydrogen) atoms. The molecule has 0 spiro atoms. The molecule has 12 radical (unpaired) electrons. The number of rotatable bonds is 2. The molecule has 0 N–H and O–H groups in total. The summed E-state index contributed by atoms with van der Waals surface area (Å²) in [6, 6.07) is 10.1. The van der Waals surface area contributed by atoms with E-state index in [0.29, 0.717) is 0 Å². The predicted octanol–water partition coefficient (Wildman–Crippen LogP) is -0.353. The van der Waals surface area contributed by atoms with Crippen molar-refractivity contribution >= 4 is 33.9 Å². The van der Waals surface area contributed by atoms with Gasteiger partial charge >= 0.3 is 0 Å². The fourth-order valence-electron chi connectivity index (χ4n) is 0.771. The van der Waals surface area contributed by atoms with Crippen LogP contribution in [0.2, 0.25) is 0 Å². The zero-order chi connectivity index (χ0) is 17.4. The quantitative estimate of drug-likeness (QED) is 0.565. The summed E-state index contributed by atoms with van der Waals surface area (Å²) in [5.41, 5.74) is 1.12. The van der Waals surface area contributed by atoms with E-state index in [-0.39, 0.29) is 21.1 Å². The standard InChI is InChI=1S/C9H11N.5CO.W/c1-10(2)8-9-6-4-3-5-7-9;5*1-2;/h3-7H,1-2H3;;;;;;. The fourth-order valence-corrected chi connectivity index (χ4v) is 0.771. The molecule has 6 nitrogen and oxygen atoms in total. The Kier molecular flexibility index (Phi) is 89.9. The van der Waals surface area contributed by atoms with E-state index in [1.165, 1.54) is 0 Å². The summed E-state index contributed by atoms with van der Waals surface area (Å²) < 4.78 is 0. The van der Waals surface area contributed by atoms with Gasteiger partial charge in [-0.15, -0.1) is 0 Å². The average Bonchev–Trinajstić information content (AvgIpc) is 2.57. The van der Waals surface area contributed by atoms with Gasteiger partial charge in [-0.1, -0.05) is 30.3 Å². The normalized spacial score (nSPS) is 5.86.